The lowest BCUT2D eigenvalue weighted by atomic mass is 10.1. The second kappa shape index (κ2) is 7.09. The van der Waals surface area contributed by atoms with Crippen LogP contribution in [0, 0.1) is 0 Å². The average molecular weight is 417 g/mol. The van der Waals surface area contributed by atoms with E-state index in [4.69, 9.17) is 13.9 Å². The van der Waals surface area contributed by atoms with Crippen molar-refractivity contribution in [2.75, 3.05) is 31.7 Å². The molecule has 0 aliphatic carbocycles. The molecule has 0 spiro atoms. The van der Waals surface area contributed by atoms with Gasteiger partial charge in [0.1, 0.15) is 11.9 Å². The largest absolute Gasteiger partial charge is 0.467 e. The van der Waals surface area contributed by atoms with Crippen LogP contribution in [-0.4, -0.2) is 37.8 Å². The molecule has 2 aromatic heterocycles. The van der Waals surface area contributed by atoms with Crippen molar-refractivity contribution in [3.63, 3.8) is 0 Å². The van der Waals surface area contributed by atoms with Crippen molar-refractivity contribution in [1.29, 1.82) is 0 Å². The van der Waals surface area contributed by atoms with Gasteiger partial charge in [-0.1, -0.05) is 15.9 Å². The highest BCUT2D eigenvalue weighted by atomic mass is 79.9. The topological polar surface area (TPSA) is 64.8 Å². The van der Waals surface area contributed by atoms with Gasteiger partial charge in [-0.3, -0.25) is 0 Å². The van der Waals surface area contributed by atoms with Gasteiger partial charge in [0.05, 0.1) is 32.0 Å². The number of ether oxygens (including phenoxy) is 2. The maximum atomic E-state index is 12.1. The summed E-state index contributed by atoms with van der Waals surface area (Å²) >= 11 is 3.52. The van der Waals surface area contributed by atoms with Crippen LogP contribution < -0.4 is 4.90 Å². The molecule has 6 nitrogen and oxygen atoms in total. The predicted molar refractivity (Wildman–Crippen MR) is 100 cm³/mol. The maximum Gasteiger partial charge on any atom is 0.356 e. The fourth-order valence-electron chi connectivity index (χ4n) is 3.17. The third-order valence-corrected chi connectivity index (χ3v) is 4.90. The monoisotopic (exact) mass is 416 g/mol. The summed E-state index contributed by atoms with van der Waals surface area (Å²) in [6.45, 7) is 1.90. The second-order valence-corrected chi connectivity index (χ2v) is 6.92. The lowest BCUT2D eigenvalue weighted by molar-refractivity contribution is 0.0258. The number of esters is 1. The zero-order chi connectivity index (χ0) is 18.1. The van der Waals surface area contributed by atoms with Crippen molar-refractivity contribution in [3.8, 4) is 0 Å². The Bertz CT molecular complexity index is 942. The van der Waals surface area contributed by atoms with Gasteiger partial charge in [0.2, 0.25) is 0 Å². The lowest BCUT2D eigenvalue weighted by Gasteiger charge is -2.34. The molecule has 3 aromatic rings. The highest BCUT2D eigenvalue weighted by molar-refractivity contribution is 9.10. The molecular weight excluding hydrogens is 400 g/mol. The first-order valence-corrected chi connectivity index (χ1v) is 9.03. The predicted octanol–water partition coefficient (Wildman–Crippen LogP) is 3.95. The number of morpholine rings is 1. The van der Waals surface area contributed by atoms with E-state index < -0.39 is 5.97 Å². The van der Waals surface area contributed by atoms with Gasteiger partial charge in [0.25, 0.3) is 0 Å². The number of rotatable bonds is 3. The van der Waals surface area contributed by atoms with Gasteiger partial charge in [-0.15, -0.1) is 0 Å². The molecule has 1 aliphatic rings. The third-order valence-electron chi connectivity index (χ3n) is 4.41. The third kappa shape index (κ3) is 3.20. The number of furan rings is 1. The number of halogens is 1. The first-order valence-electron chi connectivity index (χ1n) is 8.24. The molecule has 1 aliphatic heterocycles. The molecule has 3 heterocycles. The van der Waals surface area contributed by atoms with E-state index in [0.29, 0.717) is 25.4 Å². The first-order chi connectivity index (χ1) is 12.7. The summed E-state index contributed by atoms with van der Waals surface area (Å²) in [5, 5.41) is 0.965. The summed E-state index contributed by atoms with van der Waals surface area (Å²) in [4.78, 5) is 18.7. The van der Waals surface area contributed by atoms with Crippen molar-refractivity contribution < 1.29 is 18.7 Å². The van der Waals surface area contributed by atoms with E-state index in [1.54, 1.807) is 12.3 Å². The zero-order valence-corrected chi connectivity index (χ0v) is 15.7. The van der Waals surface area contributed by atoms with Crippen LogP contribution in [0.3, 0.4) is 0 Å². The van der Waals surface area contributed by atoms with E-state index in [0.717, 1.165) is 26.8 Å². The highest BCUT2D eigenvalue weighted by Crippen LogP contribution is 2.33. The minimum atomic E-state index is -0.452. The maximum absolute atomic E-state index is 12.1. The molecule has 1 fully saturated rings. The molecule has 4 rings (SSSR count). The molecule has 7 heteroatoms. The van der Waals surface area contributed by atoms with Gasteiger partial charge < -0.3 is 18.8 Å². The van der Waals surface area contributed by atoms with Crippen molar-refractivity contribution in [3.05, 3.63) is 58.6 Å². The average Bonchev–Trinajstić information content (AvgIpc) is 3.21. The number of benzene rings is 1. The number of carbonyl (C=O) groups is 1. The molecule has 0 saturated carbocycles. The van der Waals surface area contributed by atoms with E-state index >= 15 is 0 Å². The Kier molecular flexibility index (Phi) is 4.65. The van der Waals surface area contributed by atoms with Crippen LogP contribution >= 0.6 is 15.9 Å². The molecule has 0 amide bonds. The van der Waals surface area contributed by atoms with Crippen molar-refractivity contribution in [1.82, 2.24) is 4.98 Å². The number of methoxy groups -OCH3 is 1. The van der Waals surface area contributed by atoms with E-state index in [1.165, 1.54) is 7.11 Å². The number of hydrogen-bond acceptors (Lipinski definition) is 6. The highest BCUT2D eigenvalue weighted by Gasteiger charge is 2.26. The molecule has 0 radical (unpaired) electrons. The van der Waals surface area contributed by atoms with Gasteiger partial charge in [0, 0.05) is 22.1 Å². The number of anilines is 1. The zero-order valence-electron chi connectivity index (χ0n) is 14.1. The SMILES string of the molecule is COC(=O)c1cc(N2CCOC(c3ccco3)C2)c2cc(Br)ccc2n1. The van der Waals surface area contributed by atoms with Gasteiger partial charge in [-0.05, 0) is 36.4 Å². The van der Waals surface area contributed by atoms with Crippen LogP contribution in [0.4, 0.5) is 5.69 Å². The van der Waals surface area contributed by atoms with E-state index in [2.05, 4.69) is 25.8 Å². The molecule has 1 atom stereocenters. The molecule has 26 heavy (non-hydrogen) atoms. The van der Waals surface area contributed by atoms with Crippen molar-refractivity contribution in [2.45, 2.75) is 6.10 Å². The number of pyridine rings is 1. The molecule has 0 bridgehead atoms. The second-order valence-electron chi connectivity index (χ2n) is 6.00. The van der Waals surface area contributed by atoms with Crippen LogP contribution in [0.2, 0.25) is 0 Å². The van der Waals surface area contributed by atoms with Gasteiger partial charge in [-0.2, -0.15) is 0 Å². The van der Waals surface area contributed by atoms with E-state index in [1.807, 2.05) is 30.3 Å². The normalized spacial score (nSPS) is 17.5. The molecule has 1 saturated heterocycles. The minimum Gasteiger partial charge on any atom is -0.467 e. The molecule has 1 unspecified atom stereocenters. The Morgan fingerprint density at radius 2 is 2.23 bits per heavy atom. The smallest absolute Gasteiger partial charge is 0.356 e. The van der Waals surface area contributed by atoms with Crippen molar-refractivity contribution in [2.24, 2.45) is 0 Å². The summed E-state index contributed by atoms with van der Waals surface area (Å²) in [5.74, 6) is 0.342. The number of nitrogens with zero attached hydrogens (tertiary/aromatic N) is 2. The minimum absolute atomic E-state index is 0.157. The molecular formula is C19H17BrN2O4. The van der Waals surface area contributed by atoms with Gasteiger partial charge in [-0.25, -0.2) is 9.78 Å². The van der Waals surface area contributed by atoms with E-state index in [-0.39, 0.29) is 6.10 Å². The van der Waals surface area contributed by atoms with Crippen LogP contribution in [-0.2, 0) is 9.47 Å². The lowest BCUT2D eigenvalue weighted by Crippen LogP contribution is -2.38. The number of carbonyl (C=O) groups excluding carboxylic acids is 1. The van der Waals surface area contributed by atoms with Crippen LogP contribution in [0.15, 0.2) is 51.6 Å². The Hall–Kier alpha value is -2.38. The van der Waals surface area contributed by atoms with Gasteiger partial charge >= 0.3 is 5.97 Å². The van der Waals surface area contributed by atoms with Crippen LogP contribution in [0.25, 0.3) is 10.9 Å². The molecule has 1 aromatic carbocycles. The fraction of sp³-hybridized carbons (Fsp3) is 0.263. The Morgan fingerprint density at radius 1 is 1.35 bits per heavy atom. The molecule has 134 valence electrons. The summed E-state index contributed by atoms with van der Waals surface area (Å²) in [6.07, 6.45) is 1.49. The van der Waals surface area contributed by atoms with Crippen LogP contribution in [0.5, 0.6) is 0 Å². The quantitative estimate of drug-likeness (QED) is 0.602. The van der Waals surface area contributed by atoms with E-state index in [9.17, 15) is 4.79 Å². The summed E-state index contributed by atoms with van der Waals surface area (Å²) in [7, 11) is 1.36. The number of fused-ring (bicyclic) bond motifs is 1. The molecule has 0 N–H and O–H groups in total. The fourth-order valence-corrected chi connectivity index (χ4v) is 3.53. The Labute approximate surface area is 158 Å². The van der Waals surface area contributed by atoms with Gasteiger partial charge in [0.15, 0.2) is 5.69 Å². The summed E-state index contributed by atoms with van der Waals surface area (Å²) < 4.78 is 17.2. The Balaban J connectivity index is 1.78. The van der Waals surface area contributed by atoms with Crippen LogP contribution in [0.1, 0.15) is 22.4 Å². The standard InChI is InChI=1S/C19H17BrN2O4/c1-24-19(23)15-10-16(13-9-12(20)4-5-14(13)21-15)22-6-8-26-18(11-22)17-3-2-7-25-17/h2-5,7,9-10,18H,6,8,11H2,1H3. The first kappa shape index (κ1) is 17.1. The van der Waals surface area contributed by atoms with Crippen molar-refractivity contribution >= 4 is 38.5 Å². The summed E-state index contributed by atoms with van der Waals surface area (Å²) in [5.41, 5.74) is 1.96. The number of hydrogen-bond donors (Lipinski definition) is 0. The Morgan fingerprint density at radius 3 is 3.00 bits per heavy atom. The summed E-state index contributed by atoms with van der Waals surface area (Å²) in [6, 6.07) is 11.4. The number of aromatic nitrogens is 1.